The first-order valence-corrected chi connectivity index (χ1v) is 8.86. The molecule has 6 nitrogen and oxygen atoms in total. The summed E-state index contributed by atoms with van der Waals surface area (Å²) in [5.74, 6) is -3.80. The van der Waals surface area contributed by atoms with E-state index in [-0.39, 0.29) is 30.2 Å². The molecule has 148 valence electrons. The zero-order valence-electron chi connectivity index (χ0n) is 15.1. The average molecular weight is 392 g/mol. The third-order valence-corrected chi connectivity index (χ3v) is 5.15. The highest BCUT2D eigenvalue weighted by molar-refractivity contribution is 5.75. The van der Waals surface area contributed by atoms with E-state index in [4.69, 9.17) is 10.5 Å². The Bertz CT molecular complexity index is 937. The maximum atomic E-state index is 15.0. The summed E-state index contributed by atoms with van der Waals surface area (Å²) in [7, 11) is 0. The Balaban J connectivity index is 1.81. The monoisotopic (exact) mass is 392 g/mol. The Kier molecular flexibility index (Phi) is 4.41. The highest BCUT2D eigenvalue weighted by Crippen LogP contribution is 2.35. The predicted octanol–water partition coefficient (Wildman–Crippen LogP) is 2.73. The Hall–Kier alpha value is -2.81. The Morgan fingerprint density at radius 2 is 2.11 bits per heavy atom. The van der Waals surface area contributed by atoms with Crippen LogP contribution >= 0.6 is 0 Å². The Morgan fingerprint density at radius 3 is 2.89 bits per heavy atom. The number of alkyl halides is 2. The van der Waals surface area contributed by atoms with Crippen molar-refractivity contribution < 1.29 is 22.7 Å². The van der Waals surface area contributed by atoms with E-state index >= 15 is 4.39 Å². The molecule has 0 aliphatic carbocycles. The lowest BCUT2D eigenvalue weighted by Gasteiger charge is -2.26. The second-order valence-corrected chi connectivity index (χ2v) is 7.10. The number of halogens is 3. The number of ether oxygens (including phenoxy) is 1. The molecule has 4 bridgehead atoms. The van der Waals surface area contributed by atoms with Crippen LogP contribution in [0.2, 0.25) is 0 Å². The van der Waals surface area contributed by atoms with Crippen LogP contribution in [0.5, 0.6) is 11.6 Å². The number of benzene rings is 1. The minimum atomic E-state index is -3.26. The minimum Gasteiger partial charge on any atom is -0.436 e. The SMILES string of the molecule is Cc1ccc2nc1Oc1cccc(c1F)C[C@H]1[C@@H](N)C(F)(F)CN1C(=O)NC2. The summed E-state index contributed by atoms with van der Waals surface area (Å²) in [6.45, 7) is 0.955. The van der Waals surface area contributed by atoms with E-state index in [9.17, 15) is 13.6 Å². The van der Waals surface area contributed by atoms with Gasteiger partial charge in [0.2, 0.25) is 5.88 Å². The first-order valence-electron chi connectivity index (χ1n) is 8.86. The van der Waals surface area contributed by atoms with Crippen molar-refractivity contribution in [2.45, 2.75) is 37.9 Å². The van der Waals surface area contributed by atoms with Crippen LogP contribution in [0.25, 0.3) is 0 Å². The first-order chi connectivity index (χ1) is 13.3. The molecular formula is C19H19F3N4O2. The van der Waals surface area contributed by atoms with E-state index in [0.29, 0.717) is 11.3 Å². The molecule has 3 N–H and O–H groups in total. The number of aryl methyl sites for hydroxylation is 1. The van der Waals surface area contributed by atoms with Gasteiger partial charge in [0.1, 0.15) is 0 Å². The number of pyridine rings is 1. The number of nitrogens with one attached hydrogen (secondary N) is 1. The van der Waals surface area contributed by atoms with Crippen molar-refractivity contribution in [3.8, 4) is 11.6 Å². The molecule has 0 saturated carbocycles. The second-order valence-electron chi connectivity index (χ2n) is 7.10. The number of rotatable bonds is 0. The summed E-state index contributed by atoms with van der Waals surface area (Å²) in [4.78, 5) is 17.9. The number of carbonyl (C=O) groups excluding carboxylic acids is 1. The van der Waals surface area contributed by atoms with Crippen molar-refractivity contribution in [3.63, 3.8) is 0 Å². The van der Waals surface area contributed by atoms with Gasteiger partial charge in [-0.25, -0.2) is 22.9 Å². The summed E-state index contributed by atoms with van der Waals surface area (Å²) in [5, 5.41) is 2.59. The maximum Gasteiger partial charge on any atom is 0.318 e. The number of nitrogens with zero attached hydrogens (tertiary/aromatic N) is 2. The lowest BCUT2D eigenvalue weighted by molar-refractivity contribution is 0.0000739. The van der Waals surface area contributed by atoms with Crippen molar-refractivity contribution in [1.29, 1.82) is 0 Å². The second kappa shape index (κ2) is 6.66. The first kappa shape index (κ1) is 18.5. The van der Waals surface area contributed by atoms with Crippen LogP contribution in [-0.4, -0.2) is 40.5 Å². The van der Waals surface area contributed by atoms with Crippen molar-refractivity contribution in [2.24, 2.45) is 5.73 Å². The maximum absolute atomic E-state index is 15.0. The summed E-state index contributed by atoms with van der Waals surface area (Å²) < 4.78 is 49.1. The fourth-order valence-electron chi connectivity index (χ4n) is 3.52. The van der Waals surface area contributed by atoms with Gasteiger partial charge >= 0.3 is 6.03 Å². The van der Waals surface area contributed by atoms with Crippen LogP contribution in [0.15, 0.2) is 30.3 Å². The number of nitrogens with two attached hydrogens (primary N) is 1. The largest absolute Gasteiger partial charge is 0.436 e. The van der Waals surface area contributed by atoms with Gasteiger partial charge in [-0.05, 0) is 31.0 Å². The fourth-order valence-corrected chi connectivity index (χ4v) is 3.52. The standard InChI is InChI=1S/C19H19F3N4O2/c1-10-5-6-12-8-24-18(27)26-9-19(21,22)16(23)13(26)7-11-3-2-4-14(15(11)20)28-17(10)25-12/h2-6,13,16H,7-9,23H2,1H3,(H,24,27)/t13-,16+/m0/s1. The van der Waals surface area contributed by atoms with Crippen LogP contribution < -0.4 is 15.8 Å². The van der Waals surface area contributed by atoms with Gasteiger partial charge in [0.15, 0.2) is 11.6 Å². The Morgan fingerprint density at radius 1 is 1.32 bits per heavy atom. The molecule has 3 heterocycles. The molecule has 1 aromatic carbocycles. The van der Waals surface area contributed by atoms with Gasteiger partial charge in [0.25, 0.3) is 5.92 Å². The molecule has 1 fully saturated rings. The Labute approximate surface area is 159 Å². The highest BCUT2D eigenvalue weighted by atomic mass is 19.3. The molecular weight excluding hydrogens is 373 g/mol. The summed E-state index contributed by atoms with van der Waals surface area (Å²) in [6.07, 6.45) is -0.156. The molecule has 2 amide bonds. The fraction of sp³-hybridized carbons (Fsp3) is 0.368. The normalized spacial score (nSPS) is 23.6. The number of aromatic nitrogens is 1. The van der Waals surface area contributed by atoms with E-state index in [1.54, 1.807) is 25.1 Å². The zero-order valence-corrected chi connectivity index (χ0v) is 15.1. The topological polar surface area (TPSA) is 80.5 Å². The lowest BCUT2D eigenvalue weighted by Crippen LogP contribution is -2.49. The molecule has 9 heteroatoms. The van der Waals surface area contributed by atoms with Gasteiger partial charge < -0.3 is 20.7 Å². The summed E-state index contributed by atoms with van der Waals surface area (Å²) in [6, 6.07) is 4.53. The van der Waals surface area contributed by atoms with Crippen LogP contribution in [0.3, 0.4) is 0 Å². The van der Waals surface area contributed by atoms with Crippen molar-refractivity contribution >= 4 is 6.03 Å². The third kappa shape index (κ3) is 3.15. The predicted molar refractivity (Wildman–Crippen MR) is 94.8 cm³/mol. The molecule has 2 aliphatic rings. The number of fused-ring (bicyclic) bond motifs is 5. The molecule has 1 aromatic heterocycles. The van der Waals surface area contributed by atoms with Gasteiger partial charge in [-0.15, -0.1) is 0 Å². The van der Waals surface area contributed by atoms with Crippen LogP contribution in [0.4, 0.5) is 18.0 Å². The molecule has 0 unspecified atom stereocenters. The molecule has 0 radical (unpaired) electrons. The van der Waals surface area contributed by atoms with Crippen LogP contribution in [-0.2, 0) is 13.0 Å². The number of hydrogen-bond donors (Lipinski definition) is 2. The minimum absolute atomic E-state index is 0.0135. The van der Waals surface area contributed by atoms with E-state index in [0.717, 1.165) is 4.90 Å². The van der Waals surface area contributed by atoms with E-state index in [1.165, 1.54) is 12.1 Å². The van der Waals surface area contributed by atoms with Gasteiger partial charge in [-0.1, -0.05) is 18.2 Å². The molecule has 2 atom stereocenters. The van der Waals surface area contributed by atoms with Gasteiger partial charge in [0.05, 0.1) is 30.9 Å². The number of amides is 2. The average Bonchev–Trinajstić information content (AvgIpc) is 2.88. The third-order valence-electron chi connectivity index (χ3n) is 5.15. The quantitative estimate of drug-likeness (QED) is 0.723. The van der Waals surface area contributed by atoms with Gasteiger partial charge in [-0.2, -0.15) is 0 Å². The number of urea groups is 1. The summed E-state index contributed by atoms with van der Waals surface area (Å²) in [5.41, 5.74) is 7.02. The molecule has 0 spiro atoms. The number of carbonyl (C=O) groups is 1. The van der Waals surface area contributed by atoms with Gasteiger partial charge in [0, 0.05) is 5.56 Å². The van der Waals surface area contributed by atoms with E-state index in [1.807, 2.05) is 0 Å². The van der Waals surface area contributed by atoms with Crippen molar-refractivity contribution in [3.05, 3.63) is 53.0 Å². The number of hydrogen-bond acceptors (Lipinski definition) is 4. The lowest BCUT2D eigenvalue weighted by atomic mass is 9.98. The molecule has 2 aliphatic heterocycles. The van der Waals surface area contributed by atoms with E-state index < -0.39 is 36.4 Å². The molecule has 4 rings (SSSR count). The summed E-state index contributed by atoms with van der Waals surface area (Å²) >= 11 is 0. The van der Waals surface area contributed by atoms with Gasteiger partial charge in [-0.3, -0.25) is 0 Å². The van der Waals surface area contributed by atoms with Crippen molar-refractivity contribution in [2.75, 3.05) is 6.54 Å². The molecule has 1 saturated heterocycles. The highest BCUT2D eigenvalue weighted by Gasteiger charge is 2.54. The smallest absolute Gasteiger partial charge is 0.318 e. The van der Waals surface area contributed by atoms with Crippen LogP contribution in [0, 0.1) is 12.7 Å². The zero-order chi connectivity index (χ0) is 20.1. The van der Waals surface area contributed by atoms with Crippen LogP contribution in [0.1, 0.15) is 16.8 Å². The van der Waals surface area contributed by atoms with Crippen molar-refractivity contribution in [1.82, 2.24) is 15.2 Å². The molecule has 2 aromatic rings. The van der Waals surface area contributed by atoms with E-state index in [2.05, 4.69) is 10.3 Å². The molecule has 28 heavy (non-hydrogen) atoms.